The smallest absolute Gasteiger partial charge is 0.0741 e. The second-order valence-corrected chi connectivity index (χ2v) is 6.59. The fraction of sp³-hybridized carbons (Fsp3) is 1.00. The normalized spacial score (nSPS) is 32.2. The molecule has 3 N–H and O–H groups in total. The highest BCUT2D eigenvalue weighted by Gasteiger charge is 2.34. The first-order valence-corrected chi connectivity index (χ1v) is 7.79. The third-order valence-corrected chi connectivity index (χ3v) is 4.96. The topological polar surface area (TPSA) is 49.5 Å². The lowest BCUT2D eigenvalue weighted by atomic mass is 9.91. The fourth-order valence-corrected chi connectivity index (χ4v) is 3.76. The van der Waals surface area contributed by atoms with E-state index >= 15 is 0 Å². The standard InChI is InChI=1S/C15H30N2O/c1-15(18,12-16)9-2-3-10-17-11-5-7-13-6-4-8-14(13)17/h13-14,18H,2-12,16H2,1H3. The van der Waals surface area contributed by atoms with Crippen molar-refractivity contribution >= 4 is 0 Å². The molecule has 3 unspecified atom stereocenters. The predicted octanol–water partition coefficient (Wildman–Crippen LogP) is 2.13. The van der Waals surface area contributed by atoms with Crippen LogP contribution in [0.15, 0.2) is 0 Å². The molecule has 1 saturated carbocycles. The first kappa shape index (κ1) is 14.3. The zero-order chi connectivity index (χ0) is 13.0. The summed E-state index contributed by atoms with van der Waals surface area (Å²) in [7, 11) is 0. The van der Waals surface area contributed by atoms with E-state index in [2.05, 4.69) is 4.90 Å². The van der Waals surface area contributed by atoms with Crippen LogP contribution in [0.5, 0.6) is 0 Å². The highest BCUT2D eigenvalue weighted by atomic mass is 16.3. The van der Waals surface area contributed by atoms with Crippen LogP contribution in [-0.4, -0.2) is 41.3 Å². The number of likely N-dealkylation sites (tertiary alicyclic amines) is 1. The molecule has 2 rings (SSSR count). The summed E-state index contributed by atoms with van der Waals surface area (Å²) in [6, 6.07) is 0.883. The summed E-state index contributed by atoms with van der Waals surface area (Å²) in [4.78, 5) is 2.72. The van der Waals surface area contributed by atoms with E-state index in [1.165, 1.54) is 51.6 Å². The Morgan fingerprint density at radius 1 is 1.22 bits per heavy atom. The highest BCUT2D eigenvalue weighted by molar-refractivity contribution is 4.89. The van der Waals surface area contributed by atoms with Crippen molar-refractivity contribution in [1.82, 2.24) is 4.90 Å². The Bertz CT molecular complexity index is 255. The van der Waals surface area contributed by atoms with Gasteiger partial charge in [-0.25, -0.2) is 0 Å². The lowest BCUT2D eigenvalue weighted by Gasteiger charge is -2.38. The van der Waals surface area contributed by atoms with Crippen molar-refractivity contribution in [2.45, 2.75) is 69.9 Å². The first-order valence-electron chi connectivity index (χ1n) is 7.79. The Morgan fingerprint density at radius 3 is 2.78 bits per heavy atom. The van der Waals surface area contributed by atoms with E-state index in [1.807, 2.05) is 6.92 Å². The molecule has 1 saturated heterocycles. The van der Waals surface area contributed by atoms with Gasteiger partial charge in [0.25, 0.3) is 0 Å². The molecule has 0 amide bonds. The van der Waals surface area contributed by atoms with Gasteiger partial charge in [0.2, 0.25) is 0 Å². The molecule has 1 aliphatic heterocycles. The monoisotopic (exact) mass is 254 g/mol. The van der Waals surface area contributed by atoms with E-state index in [0.29, 0.717) is 6.54 Å². The molecular formula is C15H30N2O. The predicted molar refractivity (Wildman–Crippen MR) is 75.5 cm³/mol. The summed E-state index contributed by atoms with van der Waals surface area (Å²) >= 11 is 0. The number of rotatable bonds is 6. The van der Waals surface area contributed by atoms with Crippen molar-refractivity contribution in [1.29, 1.82) is 0 Å². The van der Waals surface area contributed by atoms with Gasteiger partial charge in [-0.3, -0.25) is 0 Å². The van der Waals surface area contributed by atoms with E-state index in [9.17, 15) is 5.11 Å². The van der Waals surface area contributed by atoms with Gasteiger partial charge in [0.15, 0.2) is 0 Å². The lowest BCUT2D eigenvalue weighted by molar-refractivity contribution is 0.0539. The number of aliphatic hydroxyl groups is 1. The molecule has 0 spiro atoms. The van der Waals surface area contributed by atoms with Gasteiger partial charge in [0.1, 0.15) is 0 Å². The van der Waals surface area contributed by atoms with Crippen LogP contribution in [-0.2, 0) is 0 Å². The Morgan fingerprint density at radius 2 is 2.00 bits per heavy atom. The van der Waals surface area contributed by atoms with Crippen molar-refractivity contribution in [2.75, 3.05) is 19.6 Å². The summed E-state index contributed by atoms with van der Waals surface area (Å²) < 4.78 is 0. The average molecular weight is 254 g/mol. The molecule has 3 atom stereocenters. The van der Waals surface area contributed by atoms with Gasteiger partial charge in [-0.1, -0.05) is 6.42 Å². The van der Waals surface area contributed by atoms with Gasteiger partial charge < -0.3 is 15.7 Å². The molecule has 3 nitrogen and oxygen atoms in total. The van der Waals surface area contributed by atoms with E-state index in [0.717, 1.165) is 24.8 Å². The summed E-state index contributed by atoms with van der Waals surface area (Å²) in [5, 5.41) is 9.87. The van der Waals surface area contributed by atoms with Gasteiger partial charge in [0.05, 0.1) is 5.60 Å². The minimum atomic E-state index is -0.655. The maximum atomic E-state index is 9.87. The zero-order valence-corrected chi connectivity index (χ0v) is 11.9. The van der Waals surface area contributed by atoms with Crippen molar-refractivity contribution in [3.8, 4) is 0 Å². The summed E-state index contributed by atoms with van der Waals surface area (Å²) in [6.45, 7) is 4.75. The summed E-state index contributed by atoms with van der Waals surface area (Å²) in [5.41, 5.74) is 4.89. The van der Waals surface area contributed by atoms with Gasteiger partial charge in [-0.2, -0.15) is 0 Å². The van der Waals surface area contributed by atoms with Gasteiger partial charge >= 0.3 is 0 Å². The van der Waals surface area contributed by atoms with Crippen LogP contribution in [0, 0.1) is 5.92 Å². The van der Waals surface area contributed by atoms with E-state index in [1.54, 1.807) is 0 Å². The third kappa shape index (κ3) is 3.69. The number of hydrogen-bond donors (Lipinski definition) is 2. The van der Waals surface area contributed by atoms with Crippen LogP contribution in [0.25, 0.3) is 0 Å². The van der Waals surface area contributed by atoms with Gasteiger partial charge in [-0.15, -0.1) is 0 Å². The number of unbranched alkanes of at least 4 members (excludes halogenated alkanes) is 1. The van der Waals surface area contributed by atoms with Crippen LogP contribution in [0.3, 0.4) is 0 Å². The highest BCUT2D eigenvalue weighted by Crippen LogP contribution is 2.36. The number of nitrogens with zero attached hydrogens (tertiary/aromatic N) is 1. The lowest BCUT2D eigenvalue weighted by Crippen LogP contribution is -2.43. The van der Waals surface area contributed by atoms with Crippen molar-refractivity contribution in [3.63, 3.8) is 0 Å². The van der Waals surface area contributed by atoms with Crippen LogP contribution in [0.4, 0.5) is 0 Å². The Hall–Kier alpha value is -0.120. The van der Waals surface area contributed by atoms with E-state index in [4.69, 9.17) is 5.73 Å². The van der Waals surface area contributed by atoms with Crippen LogP contribution in [0.1, 0.15) is 58.3 Å². The number of fused-ring (bicyclic) bond motifs is 1. The molecule has 0 aromatic heterocycles. The number of hydrogen-bond acceptors (Lipinski definition) is 3. The maximum absolute atomic E-state index is 9.87. The van der Waals surface area contributed by atoms with Gasteiger partial charge in [0, 0.05) is 12.6 Å². The molecule has 3 heteroatoms. The molecule has 2 fully saturated rings. The molecule has 18 heavy (non-hydrogen) atoms. The van der Waals surface area contributed by atoms with Crippen LogP contribution in [0.2, 0.25) is 0 Å². The third-order valence-electron chi connectivity index (χ3n) is 4.96. The molecule has 1 heterocycles. The zero-order valence-electron chi connectivity index (χ0n) is 11.9. The van der Waals surface area contributed by atoms with Crippen LogP contribution >= 0.6 is 0 Å². The number of piperidine rings is 1. The Labute approximate surface area is 112 Å². The number of nitrogens with two attached hydrogens (primary N) is 1. The Balaban J connectivity index is 1.67. The average Bonchev–Trinajstić information content (AvgIpc) is 2.83. The van der Waals surface area contributed by atoms with Crippen molar-refractivity contribution in [2.24, 2.45) is 11.7 Å². The van der Waals surface area contributed by atoms with Crippen molar-refractivity contribution < 1.29 is 5.11 Å². The second kappa shape index (κ2) is 6.36. The van der Waals surface area contributed by atoms with Gasteiger partial charge in [-0.05, 0) is 70.9 Å². The minimum absolute atomic E-state index is 0.376. The van der Waals surface area contributed by atoms with Crippen LogP contribution < -0.4 is 5.73 Å². The maximum Gasteiger partial charge on any atom is 0.0741 e. The molecule has 2 aliphatic rings. The SMILES string of the molecule is CC(O)(CN)CCCCN1CCCC2CCCC21. The van der Waals surface area contributed by atoms with E-state index in [-0.39, 0.29) is 0 Å². The minimum Gasteiger partial charge on any atom is -0.389 e. The molecule has 106 valence electrons. The largest absolute Gasteiger partial charge is 0.389 e. The Kier molecular flexibility index (Phi) is 5.05. The van der Waals surface area contributed by atoms with Crippen molar-refractivity contribution in [3.05, 3.63) is 0 Å². The molecular weight excluding hydrogens is 224 g/mol. The summed E-state index contributed by atoms with van der Waals surface area (Å²) in [5.74, 6) is 0.992. The fourth-order valence-electron chi connectivity index (χ4n) is 3.76. The molecule has 0 bridgehead atoms. The second-order valence-electron chi connectivity index (χ2n) is 6.59. The molecule has 1 aliphatic carbocycles. The summed E-state index contributed by atoms with van der Waals surface area (Å²) in [6.07, 6.45) is 10.3. The van der Waals surface area contributed by atoms with E-state index < -0.39 is 5.60 Å². The molecule has 0 aromatic carbocycles. The first-order chi connectivity index (χ1) is 8.62. The molecule has 0 aromatic rings. The quantitative estimate of drug-likeness (QED) is 0.714. The molecule has 0 radical (unpaired) electrons.